The van der Waals surface area contributed by atoms with Crippen molar-refractivity contribution >= 4 is 5.97 Å². The van der Waals surface area contributed by atoms with E-state index in [1.807, 2.05) is 0 Å². The summed E-state index contributed by atoms with van der Waals surface area (Å²) in [5.41, 5.74) is 0.458. The fraction of sp³-hybridized carbons (Fsp3) is 0.800. The van der Waals surface area contributed by atoms with Gasteiger partial charge in [0.2, 0.25) is 0 Å². The lowest BCUT2D eigenvalue weighted by Gasteiger charge is -2.08. The Morgan fingerprint density at radius 3 is 2.39 bits per heavy atom. The molecule has 0 rings (SSSR count). The minimum Gasteiger partial charge on any atom is -0.462 e. The molecule has 0 saturated carbocycles. The van der Waals surface area contributed by atoms with Crippen molar-refractivity contribution in [2.24, 2.45) is 0 Å². The number of rotatable bonds is 11. The number of aliphatic hydroxyl groups excluding tert-OH is 1. The summed E-state index contributed by atoms with van der Waals surface area (Å²) in [5, 5.41) is 9.54. The number of carbonyl (C=O) groups excluding carboxylic acids is 1. The van der Waals surface area contributed by atoms with Gasteiger partial charge in [0, 0.05) is 5.57 Å². The zero-order chi connectivity index (χ0) is 13.8. The van der Waals surface area contributed by atoms with Crippen LogP contribution in [0.15, 0.2) is 12.2 Å². The molecule has 0 saturated heterocycles. The first-order valence-corrected chi connectivity index (χ1v) is 7.08. The molecule has 0 aliphatic heterocycles. The maximum absolute atomic E-state index is 11.1. The molecule has 106 valence electrons. The first-order valence-electron chi connectivity index (χ1n) is 7.08. The van der Waals surface area contributed by atoms with Gasteiger partial charge in [-0.25, -0.2) is 4.79 Å². The van der Waals surface area contributed by atoms with E-state index in [1.54, 1.807) is 6.92 Å². The number of aliphatic hydroxyl groups is 1. The topological polar surface area (TPSA) is 46.5 Å². The molecule has 0 spiro atoms. The van der Waals surface area contributed by atoms with Crippen molar-refractivity contribution in [3.05, 3.63) is 12.2 Å². The molecule has 3 nitrogen and oxygen atoms in total. The molecule has 0 bridgehead atoms. The molecule has 3 heteroatoms. The molecule has 0 aliphatic rings. The highest BCUT2D eigenvalue weighted by atomic mass is 16.5. The highest BCUT2D eigenvalue weighted by Gasteiger charge is 2.03. The van der Waals surface area contributed by atoms with Crippen molar-refractivity contribution in [1.82, 2.24) is 0 Å². The van der Waals surface area contributed by atoms with E-state index in [2.05, 4.69) is 13.5 Å². The molecule has 0 aromatic rings. The molecule has 18 heavy (non-hydrogen) atoms. The molecule has 1 N–H and O–H groups in total. The van der Waals surface area contributed by atoms with Crippen LogP contribution in [-0.4, -0.2) is 23.8 Å². The molecule has 0 aromatic carbocycles. The highest BCUT2D eigenvalue weighted by Crippen LogP contribution is 2.10. The largest absolute Gasteiger partial charge is 0.462 e. The number of hydrogen-bond donors (Lipinski definition) is 1. The smallest absolute Gasteiger partial charge is 0.333 e. The number of esters is 1. The zero-order valence-corrected chi connectivity index (χ0v) is 11.9. The molecule has 0 amide bonds. The minimum atomic E-state index is -0.294. The van der Waals surface area contributed by atoms with Crippen LogP contribution in [0.1, 0.15) is 65.2 Å². The Balaban J connectivity index is 3.21. The van der Waals surface area contributed by atoms with E-state index in [0.717, 1.165) is 51.4 Å². The summed E-state index contributed by atoms with van der Waals surface area (Å²) in [6.07, 6.45) is 8.13. The second-order valence-corrected chi connectivity index (χ2v) is 4.92. The monoisotopic (exact) mass is 256 g/mol. The van der Waals surface area contributed by atoms with E-state index >= 15 is 0 Å². The Hall–Kier alpha value is -0.830. The van der Waals surface area contributed by atoms with Gasteiger partial charge in [0.15, 0.2) is 0 Å². The van der Waals surface area contributed by atoms with Gasteiger partial charge in [-0.1, -0.05) is 45.6 Å². The zero-order valence-electron chi connectivity index (χ0n) is 11.9. The molecule has 1 unspecified atom stereocenters. The van der Waals surface area contributed by atoms with E-state index in [-0.39, 0.29) is 12.1 Å². The standard InChI is InChI=1S/C15H28O3/c1-4-10-14(16)11-8-6-5-7-9-12-18-15(17)13(2)3/h14,16H,2,4-12H2,1,3H3. The lowest BCUT2D eigenvalue weighted by molar-refractivity contribution is -0.139. The molecule has 0 radical (unpaired) electrons. The van der Waals surface area contributed by atoms with Crippen molar-refractivity contribution in [2.45, 2.75) is 71.3 Å². The number of carbonyl (C=O) groups is 1. The maximum Gasteiger partial charge on any atom is 0.333 e. The van der Waals surface area contributed by atoms with Gasteiger partial charge < -0.3 is 9.84 Å². The summed E-state index contributed by atoms with van der Waals surface area (Å²) in [5.74, 6) is -0.294. The van der Waals surface area contributed by atoms with Gasteiger partial charge in [0.05, 0.1) is 12.7 Å². The van der Waals surface area contributed by atoms with Crippen LogP contribution in [0.25, 0.3) is 0 Å². The van der Waals surface area contributed by atoms with Gasteiger partial charge >= 0.3 is 5.97 Å². The first-order chi connectivity index (χ1) is 8.57. The summed E-state index contributed by atoms with van der Waals surface area (Å²) in [6.45, 7) is 7.77. The fourth-order valence-corrected chi connectivity index (χ4v) is 1.78. The van der Waals surface area contributed by atoms with Crippen LogP contribution in [0, 0.1) is 0 Å². The van der Waals surface area contributed by atoms with Crippen molar-refractivity contribution in [1.29, 1.82) is 0 Å². The van der Waals surface area contributed by atoms with Crippen LogP contribution in [0.3, 0.4) is 0 Å². The summed E-state index contributed by atoms with van der Waals surface area (Å²) < 4.78 is 5.00. The Morgan fingerprint density at radius 2 is 1.78 bits per heavy atom. The van der Waals surface area contributed by atoms with Gasteiger partial charge in [-0.05, 0) is 26.2 Å². The van der Waals surface area contributed by atoms with Gasteiger partial charge in [0.25, 0.3) is 0 Å². The average Bonchev–Trinajstić information content (AvgIpc) is 2.32. The Kier molecular flexibility index (Phi) is 10.8. The third kappa shape index (κ3) is 10.3. The summed E-state index contributed by atoms with van der Waals surface area (Å²) in [4.78, 5) is 11.1. The lowest BCUT2D eigenvalue weighted by Crippen LogP contribution is -2.06. The van der Waals surface area contributed by atoms with E-state index in [9.17, 15) is 9.90 Å². The maximum atomic E-state index is 11.1. The number of hydrogen-bond acceptors (Lipinski definition) is 3. The summed E-state index contributed by atoms with van der Waals surface area (Å²) in [6, 6.07) is 0. The first kappa shape index (κ1) is 17.2. The Morgan fingerprint density at radius 1 is 1.17 bits per heavy atom. The molecule has 0 heterocycles. The third-order valence-electron chi connectivity index (χ3n) is 2.89. The second kappa shape index (κ2) is 11.3. The van der Waals surface area contributed by atoms with Crippen LogP contribution >= 0.6 is 0 Å². The number of unbranched alkanes of at least 4 members (excludes halogenated alkanes) is 4. The summed E-state index contributed by atoms with van der Waals surface area (Å²) >= 11 is 0. The number of ether oxygens (including phenoxy) is 1. The molecule has 1 atom stereocenters. The van der Waals surface area contributed by atoms with Crippen molar-refractivity contribution in [3.63, 3.8) is 0 Å². The Bertz CT molecular complexity index is 236. The predicted molar refractivity (Wildman–Crippen MR) is 74.4 cm³/mol. The van der Waals surface area contributed by atoms with E-state index in [4.69, 9.17) is 4.74 Å². The van der Waals surface area contributed by atoms with Gasteiger partial charge in [0.1, 0.15) is 0 Å². The molecule has 0 fully saturated rings. The normalized spacial score (nSPS) is 12.2. The average molecular weight is 256 g/mol. The quantitative estimate of drug-likeness (QED) is 0.349. The lowest BCUT2D eigenvalue weighted by atomic mass is 10.1. The van der Waals surface area contributed by atoms with E-state index in [0.29, 0.717) is 12.2 Å². The second-order valence-electron chi connectivity index (χ2n) is 4.92. The van der Waals surface area contributed by atoms with Crippen LogP contribution in [-0.2, 0) is 9.53 Å². The SMILES string of the molecule is C=C(C)C(=O)OCCCCCCCC(O)CCC. The van der Waals surface area contributed by atoms with Crippen LogP contribution in [0.5, 0.6) is 0 Å². The van der Waals surface area contributed by atoms with Gasteiger partial charge in [-0.2, -0.15) is 0 Å². The Labute approximate surface area is 111 Å². The minimum absolute atomic E-state index is 0.119. The van der Waals surface area contributed by atoms with Crippen molar-refractivity contribution in [2.75, 3.05) is 6.61 Å². The molecular weight excluding hydrogens is 228 g/mol. The highest BCUT2D eigenvalue weighted by molar-refractivity contribution is 5.86. The fourth-order valence-electron chi connectivity index (χ4n) is 1.78. The van der Waals surface area contributed by atoms with E-state index in [1.165, 1.54) is 0 Å². The molecular formula is C15H28O3. The molecule has 0 aliphatic carbocycles. The third-order valence-corrected chi connectivity index (χ3v) is 2.89. The summed E-state index contributed by atoms with van der Waals surface area (Å²) in [7, 11) is 0. The predicted octanol–water partition coefficient (Wildman–Crippen LogP) is 3.61. The van der Waals surface area contributed by atoms with Crippen molar-refractivity contribution in [3.8, 4) is 0 Å². The van der Waals surface area contributed by atoms with Gasteiger partial charge in [-0.15, -0.1) is 0 Å². The van der Waals surface area contributed by atoms with Gasteiger partial charge in [-0.3, -0.25) is 0 Å². The van der Waals surface area contributed by atoms with Crippen LogP contribution in [0.2, 0.25) is 0 Å². The molecule has 0 aromatic heterocycles. The van der Waals surface area contributed by atoms with Crippen LogP contribution in [0.4, 0.5) is 0 Å². The van der Waals surface area contributed by atoms with E-state index < -0.39 is 0 Å². The van der Waals surface area contributed by atoms with Crippen LogP contribution < -0.4 is 0 Å². The van der Waals surface area contributed by atoms with Crippen molar-refractivity contribution < 1.29 is 14.6 Å².